The van der Waals surface area contributed by atoms with Crippen molar-refractivity contribution >= 4 is 34.8 Å². The van der Waals surface area contributed by atoms with Crippen LogP contribution in [0.3, 0.4) is 0 Å². The first-order valence-corrected chi connectivity index (χ1v) is 7.36. The zero-order chi connectivity index (χ0) is 16.4. The van der Waals surface area contributed by atoms with Crippen LogP contribution >= 0.6 is 23.2 Å². The van der Waals surface area contributed by atoms with Crippen molar-refractivity contribution in [3.05, 3.63) is 58.7 Å². The SMILES string of the molecule is Cn1cc(NC(=O)c2cc(-c3ccc(Cl)c(Cl)c3)ncn2)cn1. The van der Waals surface area contributed by atoms with Gasteiger partial charge in [0.1, 0.15) is 12.0 Å². The standard InChI is InChI=1S/C15H11Cl2N5O/c1-22-7-10(6-20-22)21-15(23)14-5-13(18-8-19-14)9-2-3-11(16)12(17)4-9/h2-8H,1H3,(H,21,23). The molecule has 3 rings (SSSR count). The number of anilines is 1. The average Bonchev–Trinajstić information content (AvgIpc) is 2.95. The molecular formula is C15H11Cl2N5O. The molecule has 1 amide bonds. The zero-order valence-corrected chi connectivity index (χ0v) is 13.5. The number of carbonyl (C=O) groups is 1. The number of rotatable bonds is 3. The van der Waals surface area contributed by atoms with E-state index in [0.717, 1.165) is 5.56 Å². The summed E-state index contributed by atoms with van der Waals surface area (Å²) in [5, 5.41) is 7.58. The van der Waals surface area contributed by atoms with Crippen molar-refractivity contribution in [2.45, 2.75) is 0 Å². The summed E-state index contributed by atoms with van der Waals surface area (Å²) in [5.41, 5.74) is 2.16. The van der Waals surface area contributed by atoms with Crippen LogP contribution < -0.4 is 5.32 Å². The van der Waals surface area contributed by atoms with Crippen LogP contribution in [0.2, 0.25) is 10.0 Å². The maximum Gasteiger partial charge on any atom is 0.274 e. The van der Waals surface area contributed by atoms with Gasteiger partial charge in [-0.3, -0.25) is 9.48 Å². The molecule has 0 aliphatic carbocycles. The van der Waals surface area contributed by atoms with Crippen molar-refractivity contribution < 1.29 is 4.79 Å². The van der Waals surface area contributed by atoms with Gasteiger partial charge < -0.3 is 5.32 Å². The molecule has 116 valence electrons. The Labute approximate surface area is 142 Å². The molecule has 0 saturated heterocycles. The highest BCUT2D eigenvalue weighted by molar-refractivity contribution is 6.42. The van der Waals surface area contributed by atoms with E-state index in [1.807, 2.05) is 0 Å². The molecule has 1 aromatic carbocycles. The minimum Gasteiger partial charge on any atom is -0.318 e. The maximum absolute atomic E-state index is 12.2. The van der Waals surface area contributed by atoms with E-state index < -0.39 is 0 Å². The van der Waals surface area contributed by atoms with E-state index in [9.17, 15) is 4.79 Å². The van der Waals surface area contributed by atoms with Crippen molar-refractivity contribution in [2.24, 2.45) is 7.05 Å². The second-order valence-corrected chi connectivity index (χ2v) is 5.59. The van der Waals surface area contributed by atoms with Crippen molar-refractivity contribution in [3.8, 4) is 11.3 Å². The lowest BCUT2D eigenvalue weighted by molar-refractivity contribution is 0.102. The topological polar surface area (TPSA) is 72.7 Å². The fourth-order valence-electron chi connectivity index (χ4n) is 1.98. The van der Waals surface area contributed by atoms with Crippen molar-refractivity contribution in [2.75, 3.05) is 5.32 Å². The second kappa shape index (κ2) is 6.36. The van der Waals surface area contributed by atoms with E-state index in [2.05, 4.69) is 20.4 Å². The first-order valence-electron chi connectivity index (χ1n) is 6.60. The molecule has 0 unspecified atom stereocenters. The number of carbonyl (C=O) groups excluding carboxylic acids is 1. The van der Waals surface area contributed by atoms with Gasteiger partial charge in [-0.25, -0.2) is 9.97 Å². The van der Waals surface area contributed by atoms with Gasteiger partial charge in [-0.05, 0) is 18.2 Å². The highest BCUT2D eigenvalue weighted by atomic mass is 35.5. The van der Waals surface area contributed by atoms with Crippen LogP contribution in [0.15, 0.2) is 43.0 Å². The maximum atomic E-state index is 12.2. The molecule has 3 aromatic rings. The summed E-state index contributed by atoms with van der Waals surface area (Å²) in [6.07, 6.45) is 4.58. The monoisotopic (exact) mass is 347 g/mol. The third kappa shape index (κ3) is 3.49. The molecule has 0 atom stereocenters. The highest BCUT2D eigenvalue weighted by Gasteiger charge is 2.11. The predicted octanol–water partition coefficient (Wildman–Crippen LogP) is 3.44. The summed E-state index contributed by atoms with van der Waals surface area (Å²) in [4.78, 5) is 20.4. The van der Waals surface area contributed by atoms with Crippen LogP contribution in [-0.2, 0) is 7.05 Å². The van der Waals surface area contributed by atoms with Crippen molar-refractivity contribution in [1.29, 1.82) is 0 Å². The van der Waals surface area contributed by atoms with Gasteiger partial charge in [0.15, 0.2) is 0 Å². The lowest BCUT2D eigenvalue weighted by Gasteiger charge is -2.05. The molecule has 0 aliphatic heterocycles. The van der Waals surface area contributed by atoms with Gasteiger partial charge in [-0.1, -0.05) is 29.3 Å². The fourth-order valence-corrected chi connectivity index (χ4v) is 2.27. The van der Waals surface area contributed by atoms with Crippen molar-refractivity contribution in [3.63, 3.8) is 0 Å². The van der Waals surface area contributed by atoms with E-state index >= 15 is 0 Å². The molecule has 0 saturated carbocycles. The first-order chi connectivity index (χ1) is 11.0. The summed E-state index contributed by atoms with van der Waals surface area (Å²) in [7, 11) is 1.77. The van der Waals surface area contributed by atoms with E-state index in [0.29, 0.717) is 21.4 Å². The summed E-state index contributed by atoms with van der Waals surface area (Å²) in [6, 6.07) is 6.73. The van der Waals surface area contributed by atoms with Crippen LogP contribution in [0.1, 0.15) is 10.5 Å². The first kappa shape index (κ1) is 15.5. The largest absolute Gasteiger partial charge is 0.318 e. The Bertz CT molecular complexity index is 878. The van der Waals surface area contributed by atoms with Crippen LogP contribution in [0.4, 0.5) is 5.69 Å². The number of aromatic nitrogens is 4. The summed E-state index contributed by atoms with van der Waals surface area (Å²) in [5.74, 6) is -0.346. The molecule has 6 nitrogen and oxygen atoms in total. The number of halogens is 2. The smallest absolute Gasteiger partial charge is 0.274 e. The summed E-state index contributed by atoms with van der Waals surface area (Å²) < 4.78 is 1.59. The number of aryl methyl sites for hydroxylation is 1. The molecule has 0 fully saturated rings. The molecule has 23 heavy (non-hydrogen) atoms. The molecule has 0 bridgehead atoms. The molecule has 0 aliphatic rings. The Morgan fingerprint density at radius 1 is 1.17 bits per heavy atom. The van der Waals surface area contributed by atoms with Crippen LogP contribution in [-0.4, -0.2) is 25.7 Å². The average molecular weight is 348 g/mol. The second-order valence-electron chi connectivity index (χ2n) is 4.77. The van der Waals surface area contributed by atoms with E-state index in [-0.39, 0.29) is 11.6 Å². The Hall–Kier alpha value is -2.44. The number of hydrogen-bond acceptors (Lipinski definition) is 4. The third-order valence-electron chi connectivity index (χ3n) is 3.08. The lowest BCUT2D eigenvalue weighted by atomic mass is 10.1. The van der Waals surface area contributed by atoms with E-state index in [4.69, 9.17) is 23.2 Å². The fraction of sp³-hybridized carbons (Fsp3) is 0.0667. The number of nitrogens with zero attached hydrogens (tertiary/aromatic N) is 4. The minimum absolute atomic E-state index is 0.241. The van der Waals surface area contributed by atoms with Gasteiger partial charge in [0.2, 0.25) is 0 Å². The Balaban J connectivity index is 1.87. The molecule has 0 spiro atoms. The Kier molecular flexibility index (Phi) is 4.27. The molecule has 2 aromatic heterocycles. The molecule has 2 heterocycles. The molecule has 0 radical (unpaired) electrons. The highest BCUT2D eigenvalue weighted by Crippen LogP contribution is 2.27. The van der Waals surface area contributed by atoms with Gasteiger partial charge in [0, 0.05) is 18.8 Å². The van der Waals surface area contributed by atoms with Crippen LogP contribution in [0.25, 0.3) is 11.3 Å². The molecule has 1 N–H and O–H groups in total. The van der Waals surface area contributed by atoms with Gasteiger partial charge in [0.05, 0.1) is 27.6 Å². The Morgan fingerprint density at radius 3 is 2.70 bits per heavy atom. The minimum atomic E-state index is -0.346. The molecular weight excluding hydrogens is 337 g/mol. The van der Waals surface area contributed by atoms with E-state index in [1.54, 1.807) is 48.4 Å². The van der Waals surface area contributed by atoms with Gasteiger partial charge >= 0.3 is 0 Å². The number of amides is 1. The van der Waals surface area contributed by atoms with Gasteiger partial charge in [-0.15, -0.1) is 0 Å². The normalized spacial score (nSPS) is 10.6. The Morgan fingerprint density at radius 2 is 2.00 bits per heavy atom. The van der Waals surface area contributed by atoms with Gasteiger partial charge in [-0.2, -0.15) is 5.10 Å². The number of hydrogen-bond donors (Lipinski definition) is 1. The van der Waals surface area contributed by atoms with Gasteiger partial charge in [0.25, 0.3) is 5.91 Å². The van der Waals surface area contributed by atoms with Crippen LogP contribution in [0.5, 0.6) is 0 Å². The lowest BCUT2D eigenvalue weighted by Crippen LogP contribution is -2.13. The zero-order valence-electron chi connectivity index (χ0n) is 12.0. The van der Waals surface area contributed by atoms with Crippen molar-refractivity contribution in [1.82, 2.24) is 19.7 Å². The third-order valence-corrected chi connectivity index (χ3v) is 3.82. The number of nitrogens with one attached hydrogen (secondary N) is 1. The number of benzene rings is 1. The summed E-state index contributed by atoms with van der Waals surface area (Å²) >= 11 is 11.9. The van der Waals surface area contributed by atoms with Crippen LogP contribution in [0, 0.1) is 0 Å². The van der Waals surface area contributed by atoms with E-state index in [1.165, 1.54) is 6.33 Å². The predicted molar refractivity (Wildman–Crippen MR) is 88.6 cm³/mol. The quantitative estimate of drug-likeness (QED) is 0.787. The summed E-state index contributed by atoms with van der Waals surface area (Å²) in [6.45, 7) is 0. The molecule has 8 heteroatoms.